The van der Waals surface area contributed by atoms with Gasteiger partial charge in [0, 0.05) is 6.04 Å². The van der Waals surface area contributed by atoms with Gasteiger partial charge in [0.05, 0.1) is 7.11 Å². The van der Waals surface area contributed by atoms with Crippen LogP contribution in [-0.4, -0.2) is 14.2 Å². The van der Waals surface area contributed by atoms with E-state index in [0.29, 0.717) is 6.04 Å². The van der Waals surface area contributed by atoms with Gasteiger partial charge in [-0.2, -0.15) is 0 Å². The number of benzene rings is 1. The molecule has 1 atom stereocenters. The third-order valence-electron chi connectivity index (χ3n) is 2.50. The molecule has 2 rings (SSSR count). The smallest absolute Gasteiger partial charge is 0.119 e. The summed E-state index contributed by atoms with van der Waals surface area (Å²) in [5, 5.41) is 3.25. The van der Waals surface area contributed by atoms with Crippen molar-refractivity contribution in [2.75, 3.05) is 14.2 Å². The van der Waals surface area contributed by atoms with Gasteiger partial charge >= 0.3 is 0 Å². The maximum Gasteiger partial charge on any atom is 0.119 e. The van der Waals surface area contributed by atoms with Gasteiger partial charge in [-0.3, -0.25) is 0 Å². The topological polar surface area (TPSA) is 21.3 Å². The molecule has 0 aliphatic heterocycles. The molecule has 0 saturated carbocycles. The van der Waals surface area contributed by atoms with Crippen LogP contribution in [0.25, 0.3) is 0 Å². The van der Waals surface area contributed by atoms with E-state index in [4.69, 9.17) is 4.74 Å². The monoisotopic (exact) mass is 163 g/mol. The molecule has 1 aromatic carbocycles. The van der Waals surface area contributed by atoms with E-state index in [-0.39, 0.29) is 0 Å². The number of methoxy groups -OCH3 is 1. The van der Waals surface area contributed by atoms with Crippen LogP contribution in [0.5, 0.6) is 5.75 Å². The Morgan fingerprint density at radius 1 is 1.50 bits per heavy atom. The minimum atomic E-state index is 0.561. The molecule has 0 saturated heterocycles. The van der Waals surface area contributed by atoms with Crippen molar-refractivity contribution >= 4 is 0 Å². The summed E-state index contributed by atoms with van der Waals surface area (Å²) in [5.41, 5.74) is 2.83. The SMILES string of the molecule is CNC1Cc2cc(OC)ccc21. The first-order valence-corrected chi connectivity index (χ1v) is 4.19. The molecule has 1 aliphatic carbocycles. The van der Waals surface area contributed by atoms with Crippen LogP contribution < -0.4 is 10.1 Å². The predicted octanol–water partition coefficient (Wildman–Crippen LogP) is 1.51. The largest absolute Gasteiger partial charge is 0.497 e. The second kappa shape index (κ2) is 2.79. The summed E-state index contributed by atoms with van der Waals surface area (Å²) in [7, 11) is 3.70. The van der Waals surface area contributed by atoms with Crippen LogP contribution in [0.4, 0.5) is 0 Å². The van der Waals surface area contributed by atoms with Gasteiger partial charge in [-0.25, -0.2) is 0 Å². The number of likely N-dealkylation sites (N-methyl/N-ethyl adjacent to an activating group) is 1. The maximum absolute atomic E-state index is 5.13. The standard InChI is InChI=1S/C10H13NO/c1-11-10-6-7-5-8(12-2)3-4-9(7)10/h3-5,10-11H,6H2,1-2H3. The normalized spacial score (nSPS) is 19.7. The van der Waals surface area contributed by atoms with E-state index >= 15 is 0 Å². The first kappa shape index (κ1) is 7.62. The number of nitrogens with one attached hydrogen (secondary N) is 1. The van der Waals surface area contributed by atoms with Gasteiger partial charge in [-0.05, 0) is 36.7 Å². The van der Waals surface area contributed by atoms with Crippen molar-refractivity contribution in [2.24, 2.45) is 0 Å². The minimum Gasteiger partial charge on any atom is -0.497 e. The number of fused-ring (bicyclic) bond motifs is 1. The Balaban J connectivity index is 2.28. The van der Waals surface area contributed by atoms with Gasteiger partial charge in [-0.1, -0.05) is 6.07 Å². The molecule has 1 aromatic rings. The van der Waals surface area contributed by atoms with Gasteiger partial charge in [0.25, 0.3) is 0 Å². The van der Waals surface area contributed by atoms with E-state index in [0.717, 1.165) is 12.2 Å². The molecule has 2 nitrogen and oxygen atoms in total. The predicted molar refractivity (Wildman–Crippen MR) is 48.5 cm³/mol. The Labute approximate surface area is 72.5 Å². The quantitative estimate of drug-likeness (QED) is 0.713. The lowest BCUT2D eigenvalue weighted by molar-refractivity contribution is 0.411. The Morgan fingerprint density at radius 3 is 2.92 bits per heavy atom. The van der Waals surface area contributed by atoms with Gasteiger partial charge in [0.2, 0.25) is 0 Å². The summed E-state index contributed by atoms with van der Waals surface area (Å²) in [6.07, 6.45) is 1.13. The van der Waals surface area contributed by atoms with Gasteiger partial charge in [0.1, 0.15) is 5.75 Å². The number of hydrogen-bond donors (Lipinski definition) is 1. The summed E-state index contributed by atoms with van der Waals surface area (Å²) in [5.74, 6) is 0.961. The summed E-state index contributed by atoms with van der Waals surface area (Å²) in [6, 6.07) is 6.83. The average molecular weight is 163 g/mol. The molecule has 0 radical (unpaired) electrons. The van der Waals surface area contributed by atoms with E-state index in [1.165, 1.54) is 11.1 Å². The second-order valence-corrected chi connectivity index (χ2v) is 3.11. The number of ether oxygens (including phenoxy) is 1. The molecule has 1 aliphatic rings. The zero-order valence-electron chi connectivity index (χ0n) is 7.42. The fourth-order valence-electron chi connectivity index (χ4n) is 1.68. The van der Waals surface area contributed by atoms with Gasteiger partial charge < -0.3 is 10.1 Å². The highest BCUT2D eigenvalue weighted by atomic mass is 16.5. The van der Waals surface area contributed by atoms with Crippen LogP contribution in [0.3, 0.4) is 0 Å². The third-order valence-corrected chi connectivity index (χ3v) is 2.50. The Bertz CT molecular complexity index is 296. The minimum absolute atomic E-state index is 0.561. The second-order valence-electron chi connectivity index (χ2n) is 3.11. The first-order chi connectivity index (χ1) is 5.85. The van der Waals surface area contributed by atoms with Crippen LogP contribution in [0.15, 0.2) is 18.2 Å². The molecule has 0 fully saturated rings. The van der Waals surface area contributed by atoms with E-state index in [9.17, 15) is 0 Å². The molecule has 64 valence electrons. The molecule has 0 aromatic heterocycles. The van der Waals surface area contributed by atoms with Crippen molar-refractivity contribution < 1.29 is 4.74 Å². The van der Waals surface area contributed by atoms with Crippen molar-refractivity contribution in [1.29, 1.82) is 0 Å². The summed E-state index contributed by atoms with van der Waals surface area (Å²) in [4.78, 5) is 0. The number of hydrogen-bond acceptors (Lipinski definition) is 2. The molecule has 2 heteroatoms. The molecular formula is C10H13NO. The lowest BCUT2D eigenvalue weighted by Crippen LogP contribution is -2.28. The lowest BCUT2D eigenvalue weighted by atomic mass is 9.83. The maximum atomic E-state index is 5.13. The molecule has 12 heavy (non-hydrogen) atoms. The van der Waals surface area contributed by atoms with E-state index in [1.807, 2.05) is 13.1 Å². The van der Waals surface area contributed by atoms with E-state index in [1.54, 1.807) is 7.11 Å². The zero-order chi connectivity index (χ0) is 8.55. The molecule has 1 N–H and O–H groups in total. The Hall–Kier alpha value is -1.02. The fourth-order valence-corrected chi connectivity index (χ4v) is 1.68. The molecule has 0 bridgehead atoms. The van der Waals surface area contributed by atoms with Gasteiger partial charge in [-0.15, -0.1) is 0 Å². The molecule has 0 amide bonds. The highest BCUT2D eigenvalue weighted by Crippen LogP contribution is 2.34. The van der Waals surface area contributed by atoms with Crippen molar-refractivity contribution in [3.63, 3.8) is 0 Å². The zero-order valence-corrected chi connectivity index (χ0v) is 7.42. The summed E-state index contributed by atoms with van der Waals surface area (Å²) in [6.45, 7) is 0. The van der Waals surface area contributed by atoms with Crippen LogP contribution in [0.1, 0.15) is 17.2 Å². The average Bonchev–Trinajstić information content (AvgIpc) is 2.07. The van der Waals surface area contributed by atoms with Crippen molar-refractivity contribution in [3.05, 3.63) is 29.3 Å². The van der Waals surface area contributed by atoms with Gasteiger partial charge in [0.15, 0.2) is 0 Å². The fraction of sp³-hybridized carbons (Fsp3) is 0.400. The van der Waals surface area contributed by atoms with E-state index in [2.05, 4.69) is 17.4 Å². The summed E-state index contributed by atoms with van der Waals surface area (Å²) >= 11 is 0. The van der Waals surface area contributed by atoms with Crippen molar-refractivity contribution in [1.82, 2.24) is 5.32 Å². The van der Waals surface area contributed by atoms with Crippen LogP contribution >= 0.6 is 0 Å². The molecule has 0 spiro atoms. The first-order valence-electron chi connectivity index (χ1n) is 4.19. The lowest BCUT2D eigenvalue weighted by Gasteiger charge is -2.29. The highest BCUT2D eigenvalue weighted by Gasteiger charge is 2.24. The Kier molecular flexibility index (Phi) is 1.77. The van der Waals surface area contributed by atoms with Crippen molar-refractivity contribution in [3.8, 4) is 5.75 Å². The number of rotatable bonds is 2. The highest BCUT2D eigenvalue weighted by molar-refractivity contribution is 5.44. The van der Waals surface area contributed by atoms with Crippen LogP contribution in [-0.2, 0) is 6.42 Å². The summed E-state index contributed by atoms with van der Waals surface area (Å²) < 4.78 is 5.13. The van der Waals surface area contributed by atoms with Crippen LogP contribution in [0.2, 0.25) is 0 Å². The molecule has 0 heterocycles. The molecule has 1 unspecified atom stereocenters. The third kappa shape index (κ3) is 0.994. The van der Waals surface area contributed by atoms with E-state index < -0.39 is 0 Å². The Morgan fingerprint density at radius 2 is 2.33 bits per heavy atom. The van der Waals surface area contributed by atoms with Crippen molar-refractivity contribution in [2.45, 2.75) is 12.5 Å². The molecular weight excluding hydrogens is 150 g/mol. The van der Waals surface area contributed by atoms with Crippen LogP contribution in [0, 0.1) is 0 Å².